The molecule has 5 N–H and O–H groups in total. The molecule has 23 nitrogen and oxygen atoms in total. The minimum atomic E-state index is -5.09. The first-order valence-electron chi connectivity index (χ1n) is 16.1. The molecule has 0 spiro atoms. The third-order valence-electron chi connectivity index (χ3n) is 7.79. The van der Waals surface area contributed by atoms with Gasteiger partial charge in [-0.3, -0.25) is 18.6 Å². The summed E-state index contributed by atoms with van der Waals surface area (Å²) in [5, 5.41) is 27.5. The van der Waals surface area contributed by atoms with Gasteiger partial charge < -0.3 is 30.9 Å². The zero-order chi connectivity index (χ0) is 42.9. The fourth-order valence-corrected chi connectivity index (χ4v) is 7.77. The summed E-state index contributed by atoms with van der Waals surface area (Å²) in [7, 11) is -12.3. The average molecular weight is 953 g/mol. The predicted molar refractivity (Wildman–Crippen MR) is 206 cm³/mol. The number of sulfone groups is 1. The molecule has 314 valence electrons. The molecular formula is C30H33ClN9Na2O14S4+. The van der Waals surface area contributed by atoms with Gasteiger partial charge in [0.25, 0.3) is 10.1 Å². The van der Waals surface area contributed by atoms with E-state index in [9.17, 15) is 44.4 Å². The molecule has 0 aliphatic rings. The summed E-state index contributed by atoms with van der Waals surface area (Å²) in [6.07, 6.45) is 0. The number of nitrogen functional groups attached to an aromatic ring is 1. The molecule has 0 bridgehead atoms. The Morgan fingerprint density at radius 3 is 2.27 bits per heavy atom. The minimum Gasteiger partial charge on any atom is -0.726 e. The van der Waals surface area contributed by atoms with Gasteiger partial charge in [0, 0.05) is 24.4 Å². The molecule has 1 heterocycles. The van der Waals surface area contributed by atoms with Crippen LogP contribution in [0, 0.1) is 0 Å². The molecule has 1 amide bonds. The normalized spacial score (nSPS) is 12.8. The standard InChI is InChI=1S/C30H34ClN9O14S4.2Na/c1-4-40(11-13-57(45,46)47,25-15-20(33-18(2)41)7-10-26(25)51-3)30-36-28(31)35-29(37-30)34-23-16-22(32)27(55-54-53-42)17-24(23)39-38-19-5-8-21(9-6-19)56(43,44)14-12-52-58(48,49)50;;/h5-10,15-17H,4,11-14H2,1-3H3,(H6-,32,33,34,35,36,37,38,41,42,45,46,47,48,49,50);;/q;2*+1/p-1. The topological polar surface area (TPSA) is 336 Å². The summed E-state index contributed by atoms with van der Waals surface area (Å²) >= 11 is 6.87. The second kappa shape index (κ2) is 23.2. The smallest absolute Gasteiger partial charge is 0.726 e. The maximum atomic E-state index is 12.6. The van der Waals surface area contributed by atoms with Crippen LogP contribution in [0.5, 0.6) is 5.75 Å². The number of hydrogen-bond acceptors (Lipinski definition) is 21. The summed E-state index contributed by atoms with van der Waals surface area (Å²) < 4.78 is 105. The summed E-state index contributed by atoms with van der Waals surface area (Å²) in [6.45, 7) is 1.78. The molecule has 0 radical (unpaired) electrons. The number of nitrogens with zero attached hydrogens (tertiary/aromatic N) is 6. The van der Waals surface area contributed by atoms with Crippen molar-refractivity contribution in [2.75, 3.05) is 54.7 Å². The Balaban J connectivity index is 0.00000620. The van der Waals surface area contributed by atoms with Crippen molar-refractivity contribution >= 4 is 106 Å². The summed E-state index contributed by atoms with van der Waals surface area (Å²) in [4.78, 5) is 24.8. The van der Waals surface area contributed by atoms with Crippen molar-refractivity contribution in [1.29, 1.82) is 0 Å². The number of nitrogens with one attached hydrogen (secondary N) is 2. The Kier molecular flexibility index (Phi) is 20.6. The van der Waals surface area contributed by atoms with Gasteiger partial charge in [-0.1, -0.05) is 0 Å². The Labute approximate surface area is 397 Å². The van der Waals surface area contributed by atoms with Gasteiger partial charge in [-0.05, 0) is 67.1 Å². The van der Waals surface area contributed by atoms with Gasteiger partial charge in [0.1, 0.15) is 18.0 Å². The van der Waals surface area contributed by atoms with E-state index in [2.05, 4.69) is 49.4 Å². The molecule has 60 heavy (non-hydrogen) atoms. The van der Waals surface area contributed by atoms with Crippen molar-refractivity contribution < 1.29 is 122 Å². The van der Waals surface area contributed by atoms with Gasteiger partial charge in [0.15, 0.2) is 21.3 Å². The summed E-state index contributed by atoms with van der Waals surface area (Å²) in [5.41, 5.74) is 7.02. The molecular weight excluding hydrogens is 920 g/mol. The number of ether oxygens (including phenoxy) is 1. The van der Waals surface area contributed by atoms with Crippen LogP contribution in [0.2, 0.25) is 5.28 Å². The number of carbonyl (C=O) groups is 1. The first-order valence-corrected chi connectivity index (χ1v) is 21.8. The van der Waals surface area contributed by atoms with E-state index in [1.165, 1.54) is 50.4 Å². The van der Waals surface area contributed by atoms with E-state index in [0.717, 1.165) is 12.1 Å². The van der Waals surface area contributed by atoms with Crippen LogP contribution in [-0.4, -0.2) is 93.5 Å². The largest absolute Gasteiger partial charge is 1.00 e. The van der Waals surface area contributed by atoms with Crippen LogP contribution in [0.25, 0.3) is 0 Å². The average Bonchev–Trinajstić information content (AvgIpc) is 3.13. The monoisotopic (exact) mass is 952 g/mol. The molecule has 4 rings (SSSR count). The summed E-state index contributed by atoms with van der Waals surface area (Å²) in [5.74, 6) is -2.10. The molecule has 1 atom stereocenters. The van der Waals surface area contributed by atoms with E-state index >= 15 is 0 Å². The Morgan fingerprint density at radius 2 is 1.68 bits per heavy atom. The van der Waals surface area contributed by atoms with Crippen LogP contribution in [0.4, 0.5) is 46.0 Å². The van der Waals surface area contributed by atoms with Gasteiger partial charge in [0.2, 0.25) is 27.5 Å². The third-order valence-corrected chi connectivity index (χ3v) is 11.5. The van der Waals surface area contributed by atoms with Gasteiger partial charge in [-0.15, -0.1) is 15.1 Å². The second-order valence-electron chi connectivity index (χ2n) is 11.6. The molecule has 3 aromatic carbocycles. The zero-order valence-corrected chi connectivity index (χ0v) is 40.3. The first-order chi connectivity index (χ1) is 27.2. The molecule has 1 aromatic heterocycles. The summed E-state index contributed by atoms with van der Waals surface area (Å²) in [6, 6.07) is 12.2. The number of quaternary nitrogens is 1. The predicted octanol–water partition coefficient (Wildman–Crippen LogP) is -2.73. The van der Waals surface area contributed by atoms with Gasteiger partial charge in [-0.25, -0.2) is 21.3 Å². The SMILES string of the molecule is CC[N+](CCS(=O)(=O)O)(c1nc(Cl)nc(Nc2cc(N)c(SOO[O-])cc2N=Nc2ccc(S(=O)(=O)CCOS(=O)(=O)[O-])cc2)n1)c1cc(NC(C)=O)ccc1OC.[Na+].[Na+]. The van der Waals surface area contributed by atoms with E-state index in [-0.39, 0.29) is 133 Å². The van der Waals surface area contributed by atoms with Crippen molar-refractivity contribution in [3.63, 3.8) is 0 Å². The van der Waals surface area contributed by atoms with Crippen LogP contribution < -0.4 is 90.0 Å². The van der Waals surface area contributed by atoms with Crippen molar-refractivity contribution in [1.82, 2.24) is 19.4 Å². The third kappa shape index (κ3) is 15.3. The number of azo groups is 1. The van der Waals surface area contributed by atoms with Crippen LogP contribution in [0.1, 0.15) is 13.8 Å². The van der Waals surface area contributed by atoms with Crippen LogP contribution in [-0.2, 0) is 48.7 Å². The van der Waals surface area contributed by atoms with E-state index < -0.39 is 58.9 Å². The fourth-order valence-electron chi connectivity index (χ4n) is 5.17. The van der Waals surface area contributed by atoms with Gasteiger partial charge in [-0.2, -0.15) is 22.8 Å². The van der Waals surface area contributed by atoms with E-state index in [1.807, 2.05) is 0 Å². The van der Waals surface area contributed by atoms with Crippen molar-refractivity contribution in [3.05, 3.63) is 59.9 Å². The molecule has 0 aliphatic heterocycles. The molecule has 0 saturated heterocycles. The Hall–Kier alpha value is -2.65. The van der Waals surface area contributed by atoms with Crippen LogP contribution in [0.3, 0.4) is 0 Å². The Bertz CT molecular complexity index is 2510. The number of nitrogens with two attached hydrogens (primary N) is 1. The van der Waals surface area contributed by atoms with E-state index in [0.29, 0.717) is 17.7 Å². The van der Waals surface area contributed by atoms with Crippen LogP contribution in [0.15, 0.2) is 74.6 Å². The number of benzene rings is 3. The molecule has 1 unspecified atom stereocenters. The van der Waals surface area contributed by atoms with Gasteiger partial charge in [0.05, 0.1) is 59.2 Å². The van der Waals surface area contributed by atoms with Crippen molar-refractivity contribution in [2.24, 2.45) is 10.2 Å². The van der Waals surface area contributed by atoms with Crippen molar-refractivity contribution in [2.45, 2.75) is 23.6 Å². The number of rotatable bonds is 20. The molecule has 0 saturated carbocycles. The number of carbonyl (C=O) groups excluding carboxylic acids is 1. The number of hydrogen-bond donors (Lipinski definition) is 4. The molecule has 30 heteroatoms. The molecule has 0 fully saturated rings. The maximum absolute atomic E-state index is 12.6. The number of aromatic nitrogens is 3. The molecule has 0 aliphatic carbocycles. The van der Waals surface area contributed by atoms with Crippen LogP contribution >= 0.6 is 23.6 Å². The number of anilines is 4. The number of amides is 1. The van der Waals surface area contributed by atoms with Crippen molar-refractivity contribution in [3.8, 4) is 5.75 Å². The fraction of sp³-hybridized carbons (Fsp3) is 0.267. The quantitative estimate of drug-likeness (QED) is 0.00804. The first kappa shape index (κ1) is 53.5. The second-order valence-corrected chi connectivity index (χ2v) is 17.4. The zero-order valence-electron chi connectivity index (χ0n) is 32.3. The maximum Gasteiger partial charge on any atom is 1.00 e. The number of halogens is 1. The van der Waals surface area contributed by atoms with Gasteiger partial charge >= 0.3 is 65.1 Å². The minimum absolute atomic E-state index is 0. The van der Waals surface area contributed by atoms with E-state index in [4.69, 9.17) is 22.1 Å². The molecule has 4 aromatic rings. The Morgan fingerprint density at radius 1 is 1.00 bits per heavy atom. The number of methoxy groups -OCH3 is 1. The van der Waals surface area contributed by atoms with E-state index in [1.54, 1.807) is 13.0 Å².